The van der Waals surface area contributed by atoms with Crippen molar-refractivity contribution < 1.29 is 23.7 Å². The Labute approximate surface area is 176 Å². The van der Waals surface area contributed by atoms with Crippen molar-refractivity contribution in [2.75, 3.05) is 26.4 Å². The lowest BCUT2D eigenvalue weighted by atomic mass is 10.1. The Morgan fingerprint density at radius 2 is 1.39 bits per heavy atom. The number of hydrogen-bond donors (Lipinski definition) is 0. The van der Waals surface area contributed by atoms with Crippen LogP contribution >= 0.6 is 11.8 Å². The van der Waals surface area contributed by atoms with E-state index in [2.05, 4.69) is 20.8 Å². The van der Waals surface area contributed by atoms with Gasteiger partial charge in [-0.05, 0) is 19.3 Å². The van der Waals surface area contributed by atoms with Crippen LogP contribution in [0.4, 0.5) is 0 Å². The molecule has 1 fully saturated rings. The summed E-state index contributed by atoms with van der Waals surface area (Å²) in [5, 5.41) is 0.128. The fourth-order valence-corrected chi connectivity index (χ4v) is 4.68. The van der Waals surface area contributed by atoms with Gasteiger partial charge in [0.15, 0.2) is 5.44 Å². The van der Waals surface area contributed by atoms with Gasteiger partial charge >= 0.3 is 5.97 Å². The molecule has 5 nitrogen and oxygen atoms in total. The lowest BCUT2D eigenvalue weighted by molar-refractivity contribution is -0.153. The van der Waals surface area contributed by atoms with Crippen molar-refractivity contribution in [3.63, 3.8) is 0 Å². The van der Waals surface area contributed by atoms with Gasteiger partial charge in [0.25, 0.3) is 0 Å². The largest absolute Gasteiger partial charge is 0.449 e. The van der Waals surface area contributed by atoms with Crippen LogP contribution < -0.4 is 0 Å². The molecule has 1 heterocycles. The lowest BCUT2D eigenvalue weighted by Crippen LogP contribution is -2.40. The third-order valence-corrected chi connectivity index (χ3v) is 6.23. The van der Waals surface area contributed by atoms with Crippen molar-refractivity contribution in [2.45, 2.75) is 108 Å². The van der Waals surface area contributed by atoms with Gasteiger partial charge < -0.3 is 18.9 Å². The molecule has 0 amide bonds. The number of ether oxygens (including phenoxy) is 4. The molecule has 1 saturated heterocycles. The monoisotopic (exact) mass is 418 g/mol. The van der Waals surface area contributed by atoms with Crippen LogP contribution in [0, 0.1) is 0 Å². The number of carbonyl (C=O) groups excluding carboxylic acids is 1. The van der Waals surface area contributed by atoms with E-state index in [0.717, 1.165) is 38.7 Å². The van der Waals surface area contributed by atoms with Crippen molar-refractivity contribution in [1.82, 2.24) is 0 Å². The van der Waals surface area contributed by atoms with Gasteiger partial charge in [-0.15, -0.1) is 11.8 Å². The first kappa shape index (κ1) is 25.7. The van der Waals surface area contributed by atoms with Crippen LogP contribution in [0.3, 0.4) is 0 Å². The van der Waals surface area contributed by atoms with E-state index in [1.165, 1.54) is 32.6 Å². The average Bonchev–Trinajstić information content (AvgIpc) is 2.98. The Kier molecular flexibility index (Phi) is 15.2. The summed E-state index contributed by atoms with van der Waals surface area (Å²) in [7, 11) is 0. The fourth-order valence-electron chi connectivity index (χ4n) is 3.20. The minimum Gasteiger partial charge on any atom is -0.449 e. The van der Waals surface area contributed by atoms with Crippen molar-refractivity contribution in [1.29, 1.82) is 0 Å². The highest BCUT2D eigenvalue weighted by atomic mass is 32.2. The molecule has 1 rings (SSSR count). The van der Waals surface area contributed by atoms with Gasteiger partial charge in [-0.3, -0.25) is 4.79 Å². The summed E-state index contributed by atoms with van der Waals surface area (Å²) in [5.74, 6) is -0.270. The SMILES string of the molecule is CCCCCCCO[C@H]1C(OC(C)=O)S[C@@H](COCCCC)[C@@H]1OCCCC. The first-order valence-electron chi connectivity index (χ1n) is 11.3. The van der Waals surface area contributed by atoms with Crippen molar-refractivity contribution in [2.24, 2.45) is 0 Å². The first-order valence-corrected chi connectivity index (χ1v) is 12.2. The van der Waals surface area contributed by atoms with Crippen LogP contribution in [0.5, 0.6) is 0 Å². The molecule has 0 aliphatic carbocycles. The van der Waals surface area contributed by atoms with E-state index < -0.39 is 0 Å². The smallest absolute Gasteiger partial charge is 0.303 e. The predicted octanol–water partition coefficient (Wildman–Crippen LogP) is 5.35. The zero-order chi connectivity index (χ0) is 20.6. The molecule has 28 heavy (non-hydrogen) atoms. The molecule has 0 N–H and O–H groups in total. The maximum absolute atomic E-state index is 11.6. The van der Waals surface area contributed by atoms with E-state index >= 15 is 0 Å². The summed E-state index contributed by atoms with van der Waals surface area (Å²) < 4.78 is 23.9. The summed E-state index contributed by atoms with van der Waals surface area (Å²) in [6, 6.07) is 0. The Morgan fingerprint density at radius 3 is 2.07 bits per heavy atom. The maximum atomic E-state index is 11.6. The molecule has 1 unspecified atom stereocenters. The third-order valence-electron chi connectivity index (χ3n) is 4.84. The van der Waals surface area contributed by atoms with Gasteiger partial charge in [-0.2, -0.15) is 0 Å². The summed E-state index contributed by atoms with van der Waals surface area (Å²) in [6.07, 6.45) is 9.94. The van der Waals surface area contributed by atoms with Crippen LogP contribution in [0.2, 0.25) is 0 Å². The Balaban J connectivity index is 2.65. The van der Waals surface area contributed by atoms with Crippen molar-refractivity contribution in [3.05, 3.63) is 0 Å². The molecule has 1 aliphatic heterocycles. The summed E-state index contributed by atoms with van der Waals surface area (Å²) in [4.78, 5) is 11.6. The molecule has 1 aliphatic rings. The highest BCUT2D eigenvalue weighted by Crippen LogP contribution is 2.39. The number of unbranched alkanes of at least 4 members (excludes halogenated alkanes) is 6. The lowest BCUT2D eigenvalue weighted by Gasteiger charge is -2.26. The van der Waals surface area contributed by atoms with Gasteiger partial charge in [-0.25, -0.2) is 0 Å². The van der Waals surface area contributed by atoms with Crippen LogP contribution in [-0.4, -0.2) is 55.3 Å². The first-order chi connectivity index (χ1) is 13.6. The molecule has 0 aromatic rings. The molecular formula is C22H42O5S. The topological polar surface area (TPSA) is 54.0 Å². The molecule has 0 aromatic heterocycles. The number of carbonyl (C=O) groups is 1. The van der Waals surface area contributed by atoms with Crippen LogP contribution in [-0.2, 0) is 23.7 Å². The van der Waals surface area contributed by atoms with E-state index in [4.69, 9.17) is 18.9 Å². The third kappa shape index (κ3) is 10.5. The number of hydrogen-bond acceptors (Lipinski definition) is 6. The number of thioether (sulfide) groups is 1. The quantitative estimate of drug-likeness (QED) is 0.234. The van der Waals surface area contributed by atoms with E-state index in [1.807, 2.05) is 0 Å². The van der Waals surface area contributed by atoms with Crippen molar-refractivity contribution in [3.8, 4) is 0 Å². The van der Waals surface area contributed by atoms with Gasteiger partial charge in [-0.1, -0.05) is 59.3 Å². The van der Waals surface area contributed by atoms with E-state index in [0.29, 0.717) is 19.8 Å². The van der Waals surface area contributed by atoms with Crippen LogP contribution in [0.25, 0.3) is 0 Å². The predicted molar refractivity (Wildman–Crippen MR) is 116 cm³/mol. The summed E-state index contributed by atoms with van der Waals surface area (Å²) in [5.41, 5.74) is -0.320. The second-order valence-electron chi connectivity index (χ2n) is 7.52. The average molecular weight is 419 g/mol. The fraction of sp³-hybridized carbons (Fsp3) is 0.955. The zero-order valence-electron chi connectivity index (χ0n) is 18.5. The van der Waals surface area contributed by atoms with Crippen LogP contribution in [0.15, 0.2) is 0 Å². The minimum absolute atomic E-state index is 0.0989. The number of rotatable bonds is 17. The normalized spacial score (nSPS) is 24.6. The van der Waals surface area contributed by atoms with Gasteiger partial charge in [0, 0.05) is 26.7 Å². The second kappa shape index (κ2) is 16.5. The Hall–Kier alpha value is -0.300. The zero-order valence-corrected chi connectivity index (χ0v) is 19.3. The second-order valence-corrected chi connectivity index (χ2v) is 8.86. The molecule has 0 radical (unpaired) electrons. The summed E-state index contributed by atoms with van der Waals surface area (Å²) >= 11 is 1.63. The minimum atomic E-state index is -0.320. The molecule has 4 atom stereocenters. The van der Waals surface area contributed by atoms with Crippen LogP contribution in [0.1, 0.15) is 85.5 Å². The van der Waals surface area contributed by atoms with Crippen molar-refractivity contribution >= 4 is 17.7 Å². The molecular weight excluding hydrogens is 376 g/mol. The molecule has 0 bridgehead atoms. The number of esters is 1. The van der Waals surface area contributed by atoms with Gasteiger partial charge in [0.2, 0.25) is 0 Å². The molecule has 0 spiro atoms. The van der Waals surface area contributed by atoms with E-state index in [1.54, 1.807) is 11.8 Å². The molecule has 6 heteroatoms. The molecule has 166 valence electrons. The van der Waals surface area contributed by atoms with Gasteiger partial charge in [0.1, 0.15) is 12.2 Å². The Morgan fingerprint density at radius 1 is 0.786 bits per heavy atom. The van der Waals surface area contributed by atoms with E-state index in [-0.39, 0.29) is 28.9 Å². The summed E-state index contributed by atoms with van der Waals surface area (Å²) in [6.45, 7) is 10.7. The Bertz CT molecular complexity index is 393. The maximum Gasteiger partial charge on any atom is 0.303 e. The molecule has 0 aromatic carbocycles. The van der Waals surface area contributed by atoms with E-state index in [9.17, 15) is 4.79 Å². The highest BCUT2D eigenvalue weighted by Gasteiger charge is 2.47. The molecule has 0 saturated carbocycles. The standard InChI is InChI=1S/C22H42O5S/c1-5-8-11-12-13-16-26-21-20(25-15-10-7-3)19(17-24-14-9-6-2)28-22(21)27-18(4)23/h19-22H,5-17H2,1-4H3/t19-,20-,21+,22?/m0/s1. The highest BCUT2D eigenvalue weighted by molar-refractivity contribution is 8.00. The van der Waals surface area contributed by atoms with Gasteiger partial charge in [0.05, 0.1) is 11.9 Å².